The number of hydrogen-bond acceptors (Lipinski definition) is 4. The van der Waals surface area contributed by atoms with E-state index in [1.807, 2.05) is 0 Å². The molecule has 0 amide bonds. The third kappa shape index (κ3) is 3.87. The summed E-state index contributed by atoms with van der Waals surface area (Å²) < 4.78 is 38.3. The van der Waals surface area contributed by atoms with Crippen LogP contribution in [0.3, 0.4) is 0 Å². The molecular weight excluding hydrogens is 389 g/mol. The third-order valence-electron chi connectivity index (χ3n) is 6.79. The van der Waals surface area contributed by atoms with Gasteiger partial charge in [-0.05, 0) is 74.2 Å². The monoisotopic (exact) mass is 416 g/mol. The fourth-order valence-electron chi connectivity index (χ4n) is 5.05. The van der Waals surface area contributed by atoms with Gasteiger partial charge in [0, 0.05) is 44.1 Å². The lowest BCUT2D eigenvalue weighted by atomic mass is 9.98. The molecule has 4 nitrogen and oxygen atoms in total. The lowest BCUT2D eigenvalue weighted by Crippen LogP contribution is -2.35. The van der Waals surface area contributed by atoms with Crippen molar-refractivity contribution in [1.82, 2.24) is 9.88 Å². The first kappa shape index (κ1) is 19.7. The Morgan fingerprint density at radius 1 is 0.900 bits per heavy atom. The molecule has 2 fully saturated rings. The van der Waals surface area contributed by atoms with Gasteiger partial charge in [0.1, 0.15) is 5.82 Å². The van der Waals surface area contributed by atoms with Crippen LogP contribution in [-0.4, -0.2) is 48.6 Å². The van der Waals surface area contributed by atoms with Crippen molar-refractivity contribution in [2.24, 2.45) is 0 Å². The maximum atomic E-state index is 12.8. The van der Waals surface area contributed by atoms with E-state index in [9.17, 15) is 13.2 Å². The van der Waals surface area contributed by atoms with E-state index in [0.717, 1.165) is 38.3 Å². The number of anilines is 2. The molecule has 1 atom stereocenters. The fraction of sp³-hybridized carbons (Fsp3) is 0.522. The number of pyridine rings is 1. The van der Waals surface area contributed by atoms with Gasteiger partial charge in [-0.3, -0.25) is 4.90 Å². The van der Waals surface area contributed by atoms with Crippen LogP contribution >= 0.6 is 0 Å². The summed E-state index contributed by atoms with van der Waals surface area (Å²) in [6.07, 6.45) is 1.37. The molecule has 7 heteroatoms. The van der Waals surface area contributed by atoms with E-state index in [-0.39, 0.29) is 0 Å². The van der Waals surface area contributed by atoms with Crippen LogP contribution in [-0.2, 0) is 19.1 Å². The zero-order chi connectivity index (χ0) is 20.7. The quantitative estimate of drug-likeness (QED) is 0.743. The second kappa shape index (κ2) is 7.76. The van der Waals surface area contributed by atoms with Crippen molar-refractivity contribution in [2.45, 2.75) is 44.4 Å². The molecule has 2 aromatic rings. The van der Waals surface area contributed by atoms with Crippen molar-refractivity contribution in [3.63, 3.8) is 0 Å². The highest BCUT2D eigenvalue weighted by atomic mass is 19.4. The van der Waals surface area contributed by atoms with Crippen LogP contribution in [0.2, 0.25) is 0 Å². The Morgan fingerprint density at radius 3 is 2.47 bits per heavy atom. The number of likely N-dealkylation sites (tertiary alicyclic amines) is 1. The minimum Gasteiger partial charge on any atom is -0.370 e. The Balaban J connectivity index is 1.26. The number of aromatic nitrogens is 1. The second-order valence-electron chi connectivity index (χ2n) is 8.66. The molecule has 0 radical (unpaired) electrons. The van der Waals surface area contributed by atoms with Gasteiger partial charge in [0.2, 0.25) is 0 Å². The summed E-state index contributed by atoms with van der Waals surface area (Å²) >= 11 is 0. The minimum absolute atomic E-state index is 0.603. The van der Waals surface area contributed by atoms with Gasteiger partial charge in [0.05, 0.1) is 5.56 Å². The van der Waals surface area contributed by atoms with Crippen molar-refractivity contribution in [2.75, 3.05) is 42.5 Å². The second-order valence-corrected chi connectivity index (χ2v) is 8.66. The number of fused-ring (bicyclic) bond motifs is 1. The van der Waals surface area contributed by atoms with Crippen molar-refractivity contribution in [3.05, 3.63) is 53.2 Å². The van der Waals surface area contributed by atoms with Crippen molar-refractivity contribution >= 4 is 11.5 Å². The number of benzene rings is 1. The van der Waals surface area contributed by atoms with E-state index >= 15 is 0 Å². The van der Waals surface area contributed by atoms with Gasteiger partial charge < -0.3 is 9.80 Å². The standard InChI is InChI=1S/C23H27F3N4/c24-23(25,26)19-4-6-22(27-14-19)30-11-7-17-13-20(5-3-18(17)15-30)29-12-8-21(16-29)28-9-1-2-10-28/h3-6,13-14,21H,1-2,7-12,15-16H2/t21-/m0/s1. The zero-order valence-corrected chi connectivity index (χ0v) is 17.0. The molecule has 1 aromatic heterocycles. The Labute approximate surface area is 175 Å². The molecule has 0 spiro atoms. The number of alkyl halides is 3. The van der Waals surface area contributed by atoms with Crippen LogP contribution in [0.25, 0.3) is 0 Å². The molecule has 160 valence electrons. The Bertz CT molecular complexity index is 890. The first-order valence-corrected chi connectivity index (χ1v) is 10.9. The first-order chi connectivity index (χ1) is 14.5. The highest BCUT2D eigenvalue weighted by Crippen LogP contribution is 2.32. The van der Waals surface area contributed by atoms with E-state index < -0.39 is 11.7 Å². The molecule has 4 heterocycles. The topological polar surface area (TPSA) is 22.6 Å². The molecule has 1 aromatic carbocycles. The largest absolute Gasteiger partial charge is 0.417 e. The maximum Gasteiger partial charge on any atom is 0.417 e. The maximum absolute atomic E-state index is 12.8. The molecule has 5 rings (SSSR count). The zero-order valence-electron chi connectivity index (χ0n) is 17.0. The van der Waals surface area contributed by atoms with Crippen molar-refractivity contribution in [3.8, 4) is 0 Å². The summed E-state index contributed by atoms with van der Waals surface area (Å²) in [7, 11) is 0. The molecule has 3 aliphatic rings. The highest BCUT2D eigenvalue weighted by Gasteiger charge is 2.32. The Kier molecular flexibility index (Phi) is 5.09. The Hall–Kier alpha value is -2.28. The molecule has 0 saturated carbocycles. The first-order valence-electron chi connectivity index (χ1n) is 10.9. The van der Waals surface area contributed by atoms with Crippen LogP contribution in [0.1, 0.15) is 36.0 Å². The molecule has 30 heavy (non-hydrogen) atoms. The summed E-state index contributed by atoms with van der Waals surface area (Å²) in [6.45, 7) is 6.17. The van der Waals surface area contributed by atoms with Crippen molar-refractivity contribution < 1.29 is 13.2 Å². The number of nitrogens with zero attached hydrogens (tertiary/aromatic N) is 4. The van der Waals surface area contributed by atoms with Gasteiger partial charge in [-0.2, -0.15) is 13.2 Å². The predicted molar refractivity (Wildman–Crippen MR) is 112 cm³/mol. The summed E-state index contributed by atoms with van der Waals surface area (Å²) in [5.74, 6) is 0.603. The summed E-state index contributed by atoms with van der Waals surface area (Å²) in [5.41, 5.74) is 3.19. The highest BCUT2D eigenvalue weighted by molar-refractivity contribution is 5.54. The lowest BCUT2D eigenvalue weighted by molar-refractivity contribution is -0.137. The van der Waals surface area contributed by atoms with E-state index in [0.29, 0.717) is 18.4 Å². The van der Waals surface area contributed by atoms with Crippen LogP contribution in [0.15, 0.2) is 36.5 Å². The number of hydrogen-bond donors (Lipinski definition) is 0. The van der Waals surface area contributed by atoms with Gasteiger partial charge in [-0.25, -0.2) is 4.98 Å². The minimum atomic E-state index is -4.35. The molecule has 0 bridgehead atoms. The molecule has 3 aliphatic heterocycles. The van der Waals surface area contributed by atoms with Crippen LogP contribution in [0.4, 0.5) is 24.7 Å². The molecule has 0 aliphatic carbocycles. The third-order valence-corrected chi connectivity index (χ3v) is 6.79. The van der Waals surface area contributed by atoms with Crippen LogP contribution in [0.5, 0.6) is 0 Å². The molecule has 0 N–H and O–H groups in total. The van der Waals surface area contributed by atoms with E-state index in [1.54, 1.807) is 0 Å². The van der Waals surface area contributed by atoms with Crippen LogP contribution in [0, 0.1) is 0 Å². The SMILES string of the molecule is FC(F)(F)c1ccc(N2CCc3cc(N4CC[C@H](N5CCCC5)C4)ccc3C2)nc1. The van der Waals surface area contributed by atoms with Gasteiger partial charge in [-0.1, -0.05) is 6.07 Å². The average Bonchev–Trinajstić information content (AvgIpc) is 3.44. The van der Waals surface area contributed by atoms with E-state index in [1.165, 1.54) is 55.2 Å². The summed E-state index contributed by atoms with van der Waals surface area (Å²) in [4.78, 5) is 11.3. The van der Waals surface area contributed by atoms with Gasteiger partial charge in [0.25, 0.3) is 0 Å². The van der Waals surface area contributed by atoms with Gasteiger partial charge in [-0.15, -0.1) is 0 Å². The lowest BCUT2D eigenvalue weighted by Gasteiger charge is -2.31. The predicted octanol–water partition coefficient (Wildman–Crippen LogP) is 4.34. The van der Waals surface area contributed by atoms with Gasteiger partial charge >= 0.3 is 6.18 Å². The molecule has 0 unspecified atom stereocenters. The van der Waals surface area contributed by atoms with Crippen LogP contribution < -0.4 is 9.80 Å². The van der Waals surface area contributed by atoms with Crippen molar-refractivity contribution in [1.29, 1.82) is 0 Å². The Morgan fingerprint density at radius 2 is 1.73 bits per heavy atom. The number of halogens is 3. The fourth-order valence-corrected chi connectivity index (χ4v) is 5.05. The molecule has 2 saturated heterocycles. The summed E-state index contributed by atoms with van der Waals surface area (Å²) in [5, 5.41) is 0. The van der Waals surface area contributed by atoms with E-state index in [2.05, 4.69) is 37.9 Å². The smallest absolute Gasteiger partial charge is 0.370 e. The normalized spacial score (nSPS) is 22.6. The van der Waals surface area contributed by atoms with Gasteiger partial charge in [0.15, 0.2) is 0 Å². The number of rotatable bonds is 3. The van der Waals surface area contributed by atoms with E-state index in [4.69, 9.17) is 0 Å². The molecular formula is C23H27F3N4. The average molecular weight is 416 g/mol. The summed E-state index contributed by atoms with van der Waals surface area (Å²) in [6, 6.07) is 9.98.